The fourth-order valence-corrected chi connectivity index (χ4v) is 3.35. The zero-order valence-corrected chi connectivity index (χ0v) is 16.6. The predicted octanol–water partition coefficient (Wildman–Crippen LogP) is 3.88. The van der Waals surface area contributed by atoms with Gasteiger partial charge < -0.3 is 14.8 Å². The Kier molecular flexibility index (Phi) is 6.65. The highest BCUT2D eigenvalue weighted by atomic mass is 16.5. The van der Waals surface area contributed by atoms with Gasteiger partial charge in [0.05, 0.1) is 5.56 Å². The van der Waals surface area contributed by atoms with Crippen LogP contribution in [0.25, 0.3) is 11.1 Å². The number of hydrogen-bond donors (Lipinski definition) is 1. The van der Waals surface area contributed by atoms with Gasteiger partial charge in [-0.1, -0.05) is 37.1 Å². The first-order valence-corrected chi connectivity index (χ1v) is 9.82. The van der Waals surface area contributed by atoms with Crippen molar-refractivity contribution in [2.45, 2.75) is 51.7 Å². The molecule has 152 valence electrons. The number of esters is 2. The first-order valence-electron chi connectivity index (χ1n) is 9.82. The number of amides is 1. The van der Waals surface area contributed by atoms with Crippen LogP contribution in [-0.4, -0.2) is 30.0 Å². The number of hydrogen-bond acceptors (Lipinski definition) is 5. The van der Waals surface area contributed by atoms with E-state index >= 15 is 0 Å². The van der Waals surface area contributed by atoms with Crippen LogP contribution in [0.5, 0.6) is 5.75 Å². The summed E-state index contributed by atoms with van der Waals surface area (Å²) >= 11 is 0. The van der Waals surface area contributed by atoms with Crippen LogP contribution in [-0.2, 0) is 14.3 Å². The SMILES string of the molecule is CC(=O)Oc1ccc(-c2ccc(C(=O)OC(C)C(=O)NC3CCCC3)cc2)cc1. The van der Waals surface area contributed by atoms with Crippen molar-refractivity contribution in [3.8, 4) is 16.9 Å². The maximum absolute atomic E-state index is 12.3. The normalized spacial score (nSPS) is 14.8. The van der Waals surface area contributed by atoms with Gasteiger partial charge in [-0.15, -0.1) is 0 Å². The second kappa shape index (κ2) is 9.37. The molecule has 0 saturated heterocycles. The van der Waals surface area contributed by atoms with E-state index in [0.717, 1.165) is 36.8 Å². The highest BCUT2D eigenvalue weighted by Gasteiger charge is 2.23. The Morgan fingerprint density at radius 3 is 2.03 bits per heavy atom. The molecular formula is C23H25NO5. The van der Waals surface area contributed by atoms with Gasteiger partial charge in [-0.25, -0.2) is 4.79 Å². The first kappa shape index (κ1) is 20.6. The Morgan fingerprint density at radius 2 is 1.48 bits per heavy atom. The number of benzene rings is 2. The smallest absolute Gasteiger partial charge is 0.338 e. The summed E-state index contributed by atoms with van der Waals surface area (Å²) in [5, 5.41) is 2.93. The fraction of sp³-hybridized carbons (Fsp3) is 0.348. The second-order valence-electron chi connectivity index (χ2n) is 7.23. The monoisotopic (exact) mass is 395 g/mol. The molecule has 1 N–H and O–H groups in total. The summed E-state index contributed by atoms with van der Waals surface area (Å²) in [6.07, 6.45) is 3.37. The molecule has 1 aliphatic carbocycles. The van der Waals surface area contributed by atoms with Gasteiger partial charge in [-0.3, -0.25) is 9.59 Å². The highest BCUT2D eigenvalue weighted by Crippen LogP contribution is 2.23. The van der Waals surface area contributed by atoms with Crippen molar-refractivity contribution in [3.63, 3.8) is 0 Å². The van der Waals surface area contributed by atoms with Crippen molar-refractivity contribution in [2.24, 2.45) is 0 Å². The number of carbonyl (C=O) groups excluding carboxylic acids is 3. The molecule has 1 saturated carbocycles. The van der Waals surface area contributed by atoms with Crippen LogP contribution in [0.4, 0.5) is 0 Å². The summed E-state index contributed by atoms with van der Waals surface area (Å²) < 4.78 is 10.3. The number of rotatable bonds is 6. The van der Waals surface area contributed by atoms with Crippen molar-refractivity contribution in [2.75, 3.05) is 0 Å². The van der Waals surface area contributed by atoms with E-state index in [2.05, 4.69) is 5.32 Å². The number of nitrogens with one attached hydrogen (secondary N) is 1. The molecule has 1 fully saturated rings. The third kappa shape index (κ3) is 5.67. The molecule has 0 radical (unpaired) electrons. The van der Waals surface area contributed by atoms with Crippen LogP contribution in [0.2, 0.25) is 0 Å². The van der Waals surface area contributed by atoms with Gasteiger partial charge >= 0.3 is 11.9 Å². The summed E-state index contributed by atoms with van der Waals surface area (Å²) in [5.41, 5.74) is 2.21. The van der Waals surface area contributed by atoms with E-state index in [4.69, 9.17) is 9.47 Å². The molecule has 0 aliphatic heterocycles. The van der Waals surface area contributed by atoms with Crippen LogP contribution in [0.1, 0.15) is 49.9 Å². The van der Waals surface area contributed by atoms with Crippen LogP contribution in [0.15, 0.2) is 48.5 Å². The van der Waals surface area contributed by atoms with Crippen molar-refractivity contribution in [1.29, 1.82) is 0 Å². The minimum Gasteiger partial charge on any atom is -0.449 e. The average molecular weight is 395 g/mol. The first-order chi connectivity index (χ1) is 13.9. The van der Waals surface area contributed by atoms with Crippen LogP contribution < -0.4 is 10.1 Å². The third-order valence-corrected chi connectivity index (χ3v) is 4.92. The Bertz CT molecular complexity index is 867. The van der Waals surface area contributed by atoms with Gasteiger partial charge in [-0.2, -0.15) is 0 Å². The number of carbonyl (C=O) groups is 3. The summed E-state index contributed by atoms with van der Waals surface area (Å²) in [4.78, 5) is 35.5. The molecule has 3 rings (SSSR count). The quantitative estimate of drug-likeness (QED) is 0.593. The van der Waals surface area contributed by atoms with Crippen molar-refractivity contribution >= 4 is 17.8 Å². The lowest BCUT2D eigenvalue weighted by molar-refractivity contribution is -0.132. The molecule has 0 spiro atoms. The topological polar surface area (TPSA) is 81.7 Å². The molecule has 0 heterocycles. The zero-order valence-electron chi connectivity index (χ0n) is 16.6. The lowest BCUT2D eigenvalue weighted by atomic mass is 10.0. The minimum atomic E-state index is -0.836. The average Bonchev–Trinajstić information content (AvgIpc) is 3.21. The molecule has 29 heavy (non-hydrogen) atoms. The van der Waals surface area contributed by atoms with Crippen LogP contribution >= 0.6 is 0 Å². The van der Waals surface area contributed by atoms with Crippen LogP contribution in [0, 0.1) is 0 Å². The molecule has 1 unspecified atom stereocenters. The summed E-state index contributed by atoms with van der Waals surface area (Å²) in [7, 11) is 0. The van der Waals surface area contributed by atoms with Gasteiger partial charge in [0.1, 0.15) is 5.75 Å². The maximum atomic E-state index is 12.3. The van der Waals surface area contributed by atoms with Crippen molar-refractivity contribution in [1.82, 2.24) is 5.32 Å². The van der Waals surface area contributed by atoms with Crippen molar-refractivity contribution < 1.29 is 23.9 Å². The van der Waals surface area contributed by atoms with Gasteiger partial charge in [0.15, 0.2) is 6.10 Å². The van der Waals surface area contributed by atoms with Gasteiger partial charge in [0.2, 0.25) is 0 Å². The molecule has 2 aromatic rings. The predicted molar refractivity (Wildman–Crippen MR) is 108 cm³/mol. The van der Waals surface area contributed by atoms with E-state index < -0.39 is 12.1 Å². The van der Waals surface area contributed by atoms with E-state index in [1.165, 1.54) is 6.92 Å². The molecule has 6 nitrogen and oxygen atoms in total. The molecule has 2 aromatic carbocycles. The minimum absolute atomic E-state index is 0.190. The molecule has 1 amide bonds. The molecule has 1 atom stereocenters. The third-order valence-electron chi connectivity index (χ3n) is 4.92. The Labute approximate surface area is 170 Å². The summed E-state index contributed by atoms with van der Waals surface area (Å²) in [6.45, 7) is 2.94. The molecule has 1 aliphatic rings. The molecule has 0 bridgehead atoms. The number of ether oxygens (including phenoxy) is 2. The lowest BCUT2D eigenvalue weighted by Gasteiger charge is -2.17. The fourth-order valence-electron chi connectivity index (χ4n) is 3.35. The molecule has 6 heteroatoms. The highest BCUT2D eigenvalue weighted by molar-refractivity contribution is 5.92. The largest absolute Gasteiger partial charge is 0.449 e. The Balaban J connectivity index is 1.58. The Morgan fingerprint density at radius 1 is 0.931 bits per heavy atom. The van der Waals surface area contributed by atoms with Gasteiger partial charge in [-0.05, 0) is 55.2 Å². The van der Waals surface area contributed by atoms with E-state index in [0.29, 0.717) is 11.3 Å². The molecular weight excluding hydrogens is 370 g/mol. The second-order valence-corrected chi connectivity index (χ2v) is 7.23. The van der Waals surface area contributed by atoms with E-state index in [1.807, 2.05) is 12.1 Å². The summed E-state index contributed by atoms with van der Waals surface area (Å²) in [6, 6.07) is 14.2. The standard InChI is InChI=1S/C23H25NO5/c1-15(22(26)24-20-5-3-4-6-20)28-23(27)19-9-7-17(8-10-19)18-11-13-21(14-12-18)29-16(2)25/h7-15,20H,3-6H2,1-2H3,(H,24,26). The van der Waals surface area contributed by atoms with Gasteiger partial charge in [0, 0.05) is 13.0 Å². The summed E-state index contributed by atoms with van der Waals surface area (Å²) in [5.74, 6) is -0.677. The zero-order chi connectivity index (χ0) is 20.8. The molecule has 0 aromatic heterocycles. The van der Waals surface area contributed by atoms with Crippen LogP contribution in [0.3, 0.4) is 0 Å². The van der Waals surface area contributed by atoms with E-state index in [1.54, 1.807) is 43.3 Å². The maximum Gasteiger partial charge on any atom is 0.338 e. The van der Waals surface area contributed by atoms with E-state index in [-0.39, 0.29) is 17.9 Å². The van der Waals surface area contributed by atoms with Gasteiger partial charge in [0.25, 0.3) is 5.91 Å². The van der Waals surface area contributed by atoms with Crippen molar-refractivity contribution in [3.05, 3.63) is 54.1 Å². The van der Waals surface area contributed by atoms with E-state index in [9.17, 15) is 14.4 Å². The lowest BCUT2D eigenvalue weighted by Crippen LogP contribution is -2.40. The Hall–Kier alpha value is -3.15.